The zero-order valence-electron chi connectivity index (χ0n) is 10.5. The second-order valence-corrected chi connectivity index (χ2v) is 4.64. The number of ether oxygens (including phenoxy) is 1. The van der Waals surface area contributed by atoms with Crippen LogP contribution < -0.4 is 5.32 Å². The minimum absolute atomic E-state index is 0.0903. The van der Waals surface area contributed by atoms with Gasteiger partial charge in [-0.25, -0.2) is 0 Å². The van der Waals surface area contributed by atoms with Crippen LogP contribution in [0.25, 0.3) is 0 Å². The van der Waals surface area contributed by atoms with Crippen LogP contribution in [0.5, 0.6) is 0 Å². The number of carbonyl (C=O) groups is 3. The summed E-state index contributed by atoms with van der Waals surface area (Å²) in [5.74, 6) is -0.796. The Labute approximate surface area is 106 Å². The van der Waals surface area contributed by atoms with E-state index in [1.165, 1.54) is 0 Å². The third-order valence-corrected chi connectivity index (χ3v) is 3.11. The summed E-state index contributed by atoms with van der Waals surface area (Å²) in [7, 11) is 0. The molecule has 6 heteroatoms. The molecule has 1 atom stereocenters. The highest BCUT2D eigenvalue weighted by Crippen LogP contribution is 2.20. The Morgan fingerprint density at radius 2 is 2.00 bits per heavy atom. The molecule has 0 aromatic heterocycles. The normalized spacial score (nSPS) is 21.3. The molecule has 0 aromatic rings. The molecule has 1 aliphatic carbocycles. The summed E-state index contributed by atoms with van der Waals surface area (Å²) in [6.45, 7) is 2.12. The average molecular weight is 254 g/mol. The number of esters is 1. The van der Waals surface area contributed by atoms with Crippen molar-refractivity contribution in [3.05, 3.63) is 0 Å². The highest BCUT2D eigenvalue weighted by Gasteiger charge is 2.36. The monoisotopic (exact) mass is 254 g/mol. The lowest BCUT2D eigenvalue weighted by Gasteiger charge is -2.22. The fourth-order valence-electron chi connectivity index (χ4n) is 1.98. The number of nitrogens with one attached hydrogen (secondary N) is 1. The van der Waals surface area contributed by atoms with Crippen LogP contribution >= 0.6 is 0 Å². The van der Waals surface area contributed by atoms with Crippen molar-refractivity contribution in [3.63, 3.8) is 0 Å². The zero-order chi connectivity index (χ0) is 13.1. The van der Waals surface area contributed by atoms with Crippen LogP contribution in [0.2, 0.25) is 0 Å². The molecule has 2 fully saturated rings. The molecule has 1 saturated heterocycles. The smallest absolute Gasteiger partial charge is 0.325 e. The molecule has 1 N–H and O–H groups in total. The van der Waals surface area contributed by atoms with E-state index in [1.807, 2.05) is 0 Å². The lowest BCUT2D eigenvalue weighted by molar-refractivity contribution is -0.147. The van der Waals surface area contributed by atoms with Crippen LogP contribution in [0, 0.1) is 0 Å². The first-order valence-corrected chi connectivity index (χ1v) is 6.37. The summed E-state index contributed by atoms with van der Waals surface area (Å²) < 4.78 is 4.96. The van der Waals surface area contributed by atoms with Crippen LogP contribution in [-0.2, 0) is 19.1 Å². The van der Waals surface area contributed by atoms with Gasteiger partial charge in [-0.2, -0.15) is 0 Å². The van der Waals surface area contributed by atoms with Gasteiger partial charge >= 0.3 is 5.97 Å². The van der Waals surface area contributed by atoms with Gasteiger partial charge < -0.3 is 10.1 Å². The lowest BCUT2D eigenvalue weighted by atomic mass is 10.2. The number of hydrogen-bond donors (Lipinski definition) is 1. The van der Waals surface area contributed by atoms with Crippen molar-refractivity contribution in [2.24, 2.45) is 0 Å². The van der Waals surface area contributed by atoms with E-state index in [1.54, 1.807) is 6.92 Å². The van der Waals surface area contributed by atoms with Gasteiger partial charge in [-0.3, -0.25) is 19.3 Å². The topological polar surface area (TPSA) is 75.7 Å². The highest BCUT2D eigenvalue weighted by atomic mass is 16.5. The van der Waals surface area contributed by atoms with Crippen molar-refractivity contribution in [1.82, 2.24) is 10.2 Å². The Bertz CT molecular complexity index is 349. The Kier molecular flexibility index (Phi) is 3.96. The molecular formula is C12H18N2O4. The van der Waals surface area contributed by atoms with Crippen LogP contribution in [0.3, 0.4) is 0 Å². The number of amides is 2. The van der Waals surface area contributed by atoms with Crippen molar-refractivity contribution in [1.29, 1.82) is 0 Å². The second-order valence-electron chi connectivity index (χ2n) is 4.64. The Morgan fingerprint density at radius 3 is 2.50 bits per heavy atom. The lowest BCUT2D eigenvalue weighted by Crippen LogP contribution is -2.49. The van der Waals surface area contributed by atoms with E-state index in [0.717, 1.165) is 17.7 Å². The fourth-order valence-corrected chi connectivity index (χ4v) is 1.98. The standard InChI is InChI=1S/C12H18N2O4/c1-2-18-12(17)9(13-8-3-4-8)7-14-10(15)5-6-11(14)16/h8-9,13H,2-7H2,1H3. The van der Waals surface area contributed by atoms with E-state index in [-0.39, 0.29) is 31.2 Å². The van der Waals surface area contributed by atoms with E-state index in [0.29, 0.717) is 12.6 Å². The molecule has 100 valence electrons. The Balaban J connectivity index is 1.96. The zero-order valence-corrected chi connectivity index (χ0v) is 10.5. The molecule has 1 aliphatic heterocycles. The third kappa shape index (κ3) is 3.07. The van der Waals surface area contributed by atoms with E-state index in [9.17, 15) is 14.4 Å². The van der Waals surface area contributed by atoms with Crippen LogP contribution in [0.15, 0.2) is 0 Å². The quantitative estimate of drug-likeness (QED) is 0.525. The molecule has 6 nitrogen and oxygen atoms in total. The molecule has 1 heterocycles. The van der Waals surface area contributed by atoms with Gasteiger partial charge in [-0.15, -0.1) is 0 Å². The van der Waals surface area contributed by atoms with Gasteiger partial charge in [0.2, 0.25) is 11.8 Å². The molecule has 2 rings (SSSR count). The molecule has 1 saturated carbocycles. The van der Waals surface area contributed by atoms with Gasteiger partial charge in [0.25, 0.3) is 0 Å². The van der Waals surface area contributed by atoms with Crippen molar-refractivity contribution in [2.45, 2.75) is 44.7 Å². The van der Waals surface area contributed by atoms with Crippen LogP contribution in [-0.4, -0.2) is 47.9 Å². The van der Waals surface area contributed by atoms with Crippen molar-refractivity contribution < 1.29 is 19.1 Å². The van der Waals surface area contributed by atoms with Gasteiger partial charge in [0.15, 0.2) is 0 Å². The Hall–Kier alpha value is -1.43. The number of carbonyl (C=O) groups excluding carboxylic acids is 3. The average Bonchev–Trinajstić information content (AvgIpc) is 3.09. The van der Waals surface area contributed by atoms with Gasteiger partial charge in [-0.05, 0) is 19.8 Å². The number of imide groups is 1. The maximum atomic E-state index is 11.8. The largest absolute Gasteiger partial charge is 0.465 e. The van der Waals surface area contributed by atoms with E-state index in [4.69, 9.17) is 4.74 Å². The number of nitrogens with zero attached hydrogens (tertiary/aromatic N) is 1. The van der Waals surface area contributed by atoms with Crippen molar-refractivity contribution in [3.8, 4) is 0 Å². The summed E-state index contributed by atoms with van der Waals surface area (Å²) in [6, 6.07) is -0.282. The molecule has 1 unspecified atom stereocenters. The first kappa shape index (κ1) is 13.0. The van der Waals surface area contributed by atoms with Crippen molar-refractivity contribution in [2.75, 3.05) is 13.2 Å². The summed E-state index contributed by atoms with van der Waals surface area (Å²) in [5, 5.41) is 3.12. The van der Waals surface area contributed by atoms with Crippen LogP contribution in [0.1, 0.15) is 32.6 Å². The molecule has 0 radical (unpaired) electrons. The van der Waals surface area contributed by atoms with Gasteiger partial charge in [-0.1, -0.05) is 0 Å². The van der Waals surface area contributed by atoms with Crippen LogP contribution in [0.4, 0.5) is 0 Å². The first-order valence-electron chi connectivity index (χ1n) is 6.37. The summed E-state index contributed by atoms with van der Waals surface area (Å²) in [4.78, 5) is 36.0. The number of hydrogen-bond acceptors (Lipinski definition) is 5. The predicted octanol–water partition coefficient (Wildman–Crippen LogP) is -0.181. The summed E-state index contributed by atoms with van der Waals surface area (Å²) in [5.41, 5.74) is 0. The molecule has 0 aromatic carbocycles. The molecule has 0 bridgehead atoms. The molecular weight excluding hydrogens is 236 g/mol. The molecule has 18 heavy (non-hydrogen) atoms. The number of likely N-dealkylation sites (tertiary alicyclic amines) is 1. The number of rotatable bonds is 6. The highest BCUT2D eigenvalue weighted by molar-refractivity contribution is 6.02. The van der Waals surface area contributed by atoms with Gasteiger partial charge in [0, 0.05) is 18.9 Å². The van der Waals surface area contributed by atoms with Gasteiger partial charge in [0.05, 0.1) is 13.2 Å². The first-order chi connectivity index (χ1) is 8.61. The van der Waals surface area contributed by atoms with E-state index < -0.39 is 12.0 Å². The SMILES string of the molecule is CCOC(=O)C(CN1C(=O)CCC1=O)NC1CC1. The second kappa shape index (κ2) is 5.48. The van der Waals surface area contributed by atoms with Gasteiger partial charge in [0.1, 0.15) is 6.04 Å². The maximum absolute atomic E-state index is 11.8. The minimum Gasteiger partial charge on any atom is -0.465 e. The minimum atomic E-state index is -0.594. The molecule has 2 amide bonds. The third-order valence-electron chi connectivity index (χ3n) is 3.11. The summed E-state index contributed by atoms with van der Waals surface area (Å²) in [6.07, 6.45) is 2.55. The Morgan fingerprint density at radius 1 is 1.39 bits per heavy atom. The van der Waals surface area contributed by atoms with E-state index in [2.05, 4.69) is 5.32 Å². The maximum Gasteiger partial charge on any atom is 0.325 e. The molecule has 0 spiro atoms. The fraction of sp³-hybridized carbons (Fsp3) is 0.750. The van der Waals surface area contributed by atoms with E-state index >= 15 is 0 Å². The van der Waals surface area contributed by atoms with Crippen molar-refractivity contribution >= 4 is 17.8 Å². The predicted molar refractivity (Wildman–Crippen MR) is 62.5 cm³/mol. The molecule has 2 aliphatic rings. The summed E-state index contributed by atoms with van der Waals surface area (Å²) >= 11 is 0.